The Morgan fingerprint density at radius 3 is 2.69 bits per heavy atom. The molecule has 0 saturated carbocycles. The summed E-state index contributed by atoms with van der Waals surface area (Å²) in [6.45, 7) is 2.48. The highest BCUT2D eigenvalue weighted by molar-refractivity contribution is 6.01. The van der Waals surface area contributed by atoms with E-state index in [2.05, 4.69) is 70.2 Å². The molecule has 2 N–H and O–H groups in total. The average molecular weight is 379 g/mol. The van der Waals surface area contributed by atoms with Crippen molar-refractivity contribution in [3.05, 3.63) is 72.6 Å². The second-order valence-electron chi connectivity index (χ2n) is 7.55. The predicted molar refractivity (Wildman–Crippen MR) is 119 cm³/mol. The summed E-state index contributed by atoms with van der Waals surface area (Å²) in [7, 11) is 0. The Bertz CT molecular complexity index is 1240. The first-order chi connectivity index (χ1) is 14.4. The maximum Gasteiger partial charge on any atom is 0.150 e. The van der Waals surface area contributed by atoms with Gasteiger partial charge in [-0.05, 0) is 46.7 Å². The molecule has 3 heterocycles. The van der Waals surface area contributed by atoms with E-state index in [9.17, 15) is 0 Å². The summed E-state index contributed by atoms with van der Waals surface area (Å²) >= 11 is 0. The molecule has 4 heteroatoms. The van der Waals surface area contributed by atoms with Crippen LogP contribution in [0.25, 0.3) is 33.0 Å². The molecule has 142 valence electrons. The van der Waals surface area contributed by atoms with Crippen LogP contribution in [0.3, 0.4) is 0 Å². The number of nitrogens with one attached hydrogen (secondary N) is 2. The van der Waals surface area contributed by atoms with Crippen LogP contribution in [-0.2, 0) is 6.42 Å². The molecule has 6 rings (SSSR count). The van der Waals surface area contributed by atoms with Crippen LogP contribution in [0.15, 0.2) is 67.0 Å². The largest absolute Gasteiger partial charge is 0.489 e. The molecular weight excluding hydrogens is 358 g/mol. The lowest BCUT2D eigenvalue weighted by atomic mass is 9.91. The average Bonchev–Trinajstić information content (AvgIpc) is 3.27. The Kier molecular flexibility index (Phi) is 3.69. The predicted octanol–water partition coefficient (Wildman–Crippen LogP) is 5.34. The number of nitrogens with zero attached hydrogens (tertiary/aromatic N) is 1. The zero-order chi connectivity index (χ0) is 19.2. The maximum absolute atomic E-state index is 6.24. The molecule has 4 aromatic rings. The molecule has 0 fully saturated rings. The van der Waals surface area contributed by atoms with Gasteiger partial charge in [-0.15, -0.1) is 0 Å². The van der Waals surface area contributed by atoms with E-state index in [1.807, 2.05) is 12.4 Å². The lowest BCUT2D eigenvalue weighted by Crippen LogP contribution is -2.19. The first-order valence-corrected chi connectivity index (χ1v) is 10.1. The minimum atomic E-state index is 0.668. The molecule has 0 bridgehead atoms. The van der Waals surface area contributed by atoms with E-state index in [1.165, 1.54) is 27.8 Å². The van der Waals surface area contributed by atoms with E-state index in [-0.39, 0.29) is 0 Å². The van der Waals surface area contributed by atoms with Crippen LogP contribution in [0.2, 0.25) is 0 Å². The van der Waals surface area contributed by atoms with Gasteiger partial charge in [-0.2, -0.15) is 0 Å². The smallest absolute Gasteiger partial charge is 0.150 e. The van der Waals surface area contributed by atoms with Crippen molar-refractivity contribution in [3.63, 3.8) is 0 Å². The maximum atomic E-state index is 6.24. The fourth-order valence-electron chi connectivity index (χ4n) is 4.62. The Morgan fingerprint density at radius 1 is 0.793 bits per heavy atom. The van der Waals surface area contributed by atoms with Crippen LogP contribution in [-0.4, -0.2) is 24.7 Å². The van der Waals surface area contributed by atoms with Crippen LogP contribution in [0.4, 0.5) is 11.4 Å². The van der Waals surface area contributed by atoms with Crippen LogP contribution in [0, 0.1) is 0 Å². The summed E-state index contributed by atoms with van der Waals surface area (Å²) in [6, 6.07) is 19.4. The molecule has 2 aliphatic heterocycles. The van der Waals surface area contributed by atoms with E-state index in [0.29, 0.717) is 6.61 Å². The first-order valence-electron chi connectivity index (χ1n) is 10.1. The highest BCUT2D eigenvalue weighted by Crippen LogP contribution is 2.47. The molecule has 0 radical (unpaired) electrons. The fourth-order valence-corrected chi connectivity index (χ4v) is 4.62. The van der Waals surface area contributed by atoms with E-state index < -0.39 is 0 Å². The van der Waals surface area contributed by atoms with Gasteiger partial charge in [0.2, 0.25) is 0 Å². The zero-order valence-corrected chi connectivity index (χ0v) is 16.0. The molecule has 2 aliphatic rings. The van der Waals surface area contributed by atoms with Gasteiger partial charge in [0.15, 0.2) is 5.75 Å². The topological polar surface area (TPSA) is 46.2 Å². The normalized spacial score (nSPS) is 14.5. The summed E-state index contributed by atoms with van der Waals surface area (Å²) in [6.07, 6.45) is 4.83. The van der Waals surface area contributed by atoms with Gasteiger partial charge in [0.1, 0.15) is 6.61 Å². The second kappa shape index (κ2) is 6.52. The van der Waals surface area contributed by atoms with Gasteiger partial charge in [0, 0.05) is 47.7 Å². The van der Waals surface area contributed by atoms with Gasteiger partial charge in [0.25, 0.3) is 0 Å². The highest BCUT2D eigenvalue weighted by Gasteiger charge is 2.24. The SMILES string of the molecule is c1cc2c(c(-c3ccc(-c4cccc5ccncc45)c4c3NCCO4)c1)CCN2. The highest BCUT2D eigenvalue weighted by atomic mass is 16.5. The van der Waals surface area contributed by atoms with Gasteiger partial charge in [-0.25, -0.2) is 0 Å². The van der Waals surface area contributed by atoms with Crippen LogP contribution in [0.5, 0.6) is 5.75 Å². The standard InChI is InChI=1S/C25H21N3O/c1-3-16-9-11-26-15-22(16)18(4-1)21-8-7-20(24-25(21)29-14-13-28-24)17-5-2-6-23-19(17)10-12-27-23/h1-9,11,15,27-28H,10,12-14H2. The number of anilines is 2. The van der Waals surface area contributed by atoms with Crippen molar-refractivity contribution in [2.75, 3.05) is 30.3 Å². The van der Waals surface area contributed by atoms with E-state index in [4.69, 9.17) is 4.74 Å². The minimum Gasteiger partial charge on any atom is -0.489 e. The fraction of sp³-hybridized carbons (Fsp3) is 0.160. The number of benzene rings is 3. The van der Waals surface area contributed by atoms with Gasteiger partial charge in [0.05, 0.1) is 5.69 Å². The summed E-state index contributed by atoms with van der Waals surface area (Å²) in [5.41, 5.74) is 8.49. The first kappa shape index (κ1) is 16.4. The third-order valence-corrected chi connectivity index (χ3v) is 5.94. The monoisotopic (exact) mass is 379 g/mol. The number of aromatic nitrogens is 1. The number of hydrogen-bond donors (Lipinski definition) is 2. The van der Waals surface area contributed by atoms with Crippen LogP contribution in [0.1, 0.15) is 5.56 Å². The van der Waals surface area contributed by atoms with E-state index in [1.54, 1.807) is 0 Å². The number of rotatable bonds is 2. The molecule has 3 aromatic carbocycles. The Morgan fingerprint density at radius 2 is 1.69 bits per heavy atom. The van der Waals surface area contributed by atoms with Gasteiger partial charge in [-0.1, -0.05) is 36.4 Å². The van der Waals surface area contributed by atoms with Crippen molar-refractivity contribution in [1.82, 2.24) is 4.98 Å². The summed E-state index contributed by atoms with van der Waals surface area (Å²) in [5.74, 6) is 0.939. The number of hydrogen-bond acceptors (Lipinski definition) is 4. The van der Waals surface area contributed by atoms with Crippen molar-refractivity contribution in [3.8, 4) is 28.0 Å². The molecule has 0 aliphatic carbocycles. The minimum absolute atomic E-state index is 0.668. The summed E-state index contributed by atoms with van der Waals surface area (Å²) < 4.78 is 6.24. The van der Waals surface area contributed by atoms with Crippen molar-refractivity contribution >= 4 is 22.1 Å². The van der Waals surface area contributed by atoms with E-state index in [0.717, 1.165) is 47.5 Å². The zero-order valence-electron chi connectivity index (χ0n) is 16.0. The molecule has 4 nitrogen and oxygen atoms in total. The van der Waals surface area contributed by atoms with Crippen LogP contribution < -0.4 is 15.4 Å². The third-order valence-electron chi connectivity index (χ3n) is 5.94. The Labute approximate surface area is 169 Å². The Balaban J connectivity index is 1.59. The van der Waals surface area contributed by atoms with Crippen molar-refractivity contribution in [1.29, 1.82) is 0 Å². The summed E-state index contributed by atoms with van der Waals surface area (Å²) in [4.78, 5) is 4.35. The van der Waals surface area contributed by atoms with Crippen molar-refractivity contribution in [2.24, 2.45) is 0 Å². The van der Waals surface area contributed by atoms with Crippen molar-refractivity contribution < 1.29 is 4.74 Å². The second-order valence-corrected chi connectivity index (χ2v) is 7.55. The quantitative estimate of drug-likeness (QED) is 0.493. The Hall–Kier alpha value is -3.53. The molecule has 1 aromatic heterocycles. The van der Waals surface area contributed by atoms with Gasteiger partial charge >= 0.3 is 0 Å². The lowest BCUT2D eigenvalue weighted by molar-refractivity contribution is 0.325. The number of pyridine rings is 1. The molecule has 29 heavy (non-hydrogen) atoms. The number of ether oxygens (including phenoxy) is 1. The van der Waals surface area contributed by atoms with Crippen LogP contribution >= 0.6 is 0 Å². The van der Waals surface area contributed by atoms with E-state index >= 15 is 0 Å². The lowest BCUT2D eigenvalue weighted by Gasteiger charge is -2.26. The van der Waals surface area contributed by atoms with Crippen molar-refractivity contribution in [2.45, 2.75) is 6.42 Å². The van der Waals surface area contributed by atoms with Gasteiger partial charge < -0.3 is 15.4 Å². The molecule has 0 atom stereocenters. The number of fused-ring (bicyclic) bond motifs is 3. The molecule has 0 unspecified atom stereocenters. The molecular formula is C25H21N3O. The molecule has 0 spiro atoms. The third kappa shape index (κ3) is 2.56. The summed E-state index contributed by atoms with van der Waals surface area (Å²) in [5, 5.41) is 9.44. The molecule has 0 saturated heterocycles. The molecule has 0 amide bonds. The van der Waals surface area contributed by atoms with Gasteiger partial charge in [-0.3, -0.25) is 4.98 Å².